The lowest BCUT2D eigenvalue weighted by molar-refractivity contribution is 0.585. The smallest absolute Gasteiger partial charge is 0.180 e. The van der Waals surface area contributed by atoms with Gasteiger partial charge in [0, 0.05) is 17.4 Å². The number of hydrogen-bond donors (Lipinski definition) is 0. The van der Waals surface area contributed by atoms with Crippen LogP contribution < -0.4 is 0 Å². The lowest BCUT2D eigenvalue weighted by Crippen LogP contribution is -2.09. The van der Waals surface area contributed by atoms with E-state index in [-0.39, 0.29) is 15.6 Å². The molecule has 0 amide bonds. The molecular weight excluding hydrogens is 383 g/mol. The van der Waals surface area contributed by atoms with Crippen molar-refractivity contribution in [1.29, 1.82) is 0 Å². The Hall–Kier alpha value is -2.41. The molecule has 0 aliphatic heterocycles. The summed E-state index contributed by atoms with van der Waals surface area (Å²) in [7, 11) is -3.47. The highest BCUT2D eigenvalue weighted by Gasteiger charge is 2.23. The third kappa shape index (κ3) is 4.86. The molecule has 1 unspecified atom stereocenters. The SMILES string of the molecule is CS(=O)(=O)c1ccccc1[S+]([O-])c1ccc(C=Cc2ccc(F)cc2)cc1. The maximum absolute atomic E-state index is 12.9. The average Bonchev–Trinajstić information content (AvgIpc) is 2.67. The van der Waals surface area contributed by atoms with Gasteiger partial charge < -0.3 is 4.55 Å². The van der Waals surface area contributed by atoms with Crippen molar-refractivity contribution in [3.63, 3.8) is 0 Å². The summed E-state index contributed by atoms with van der Waals surface area (Å²) < 4.78 is 49.6. The van der Waals surface area contributed by atoms with Gasteiger partial charge in [0.05, 0.1) is 0 Å². The summed E-state index contributed by atoms with van der Waals surface area (Å²) >= 11 is -1.60. The van der Waals surface area contributed by atoms with Crippen LogP contribution in [0.4, 0.5) is 4.39 Å². The fraction of sp³-hybridized carbons (Fsp3) is 0.0476. The van der Waals surface area contributed by atoms with Gasteiger partial charge in [0.25, 0.3) is 0 Å². The molecule has 0 saturated carbocycles. The van der Waals surface area contributed by atoms with Crippen molar-refractivity contribution in [2.75, 3.05) is 6.26 Å². The average molecular weight is 400 g/mol. The Labute approximate surface area is 161 Å². The van der Waals surface area contributed by atoms with Gasteiger partial charge in [-0.25, -0.2) is 12.8 Å². The predicted octanol–water partition coefficient (Wildman–Crippen LogP) is 4.57. The first kappa shape index (κ1) is 19.4. The lowest BCUT2D eigenvalue weighted by Gasteiger charge is -2.13. The minimum atomic E-state index is -3.47. The highest BCUT2D eigenvalue weighted by atomic mass is 32.2. The van der Waals surface area contributed by atoms with E-state index in [9.17, 15) is 17.4 Å². The summed E-state index contributed by atoms with van der Waals surface area (Å²) in [5.74, 6) is -0.284. The van der Waals surface area contributed by atoms with Gasteiger partial charge in [-0.15, -0.1) is 0 Å². The van der Waals surface area contributed by atoms with Gasteiger partial charge in [-0.3, -0.25) is 0 Å². The Bertz CT molecular complexity index is 1060. The van der Waals surface area contributed by atoms with E-state index >= 15 is 0 Å². The fourth-order valence-electron chi connectivity index (χ4n) is 2.51. The fourth-order valence-corrected chi connectivity index (χ4v) is 5.04. The Morgan fingerprint density at radius 1 is 0.852 bits per heavy atom. The lowest BCUT2D eigenvalue weighted by atomic mass is 10.1. The molecule has 27 heavy (non-hydrogen) atoms. The molecule has 0 heterocycles. The molecule has 6 heteroatoms. The van der Waals surface area contributed by atoms with Gasteiger partial charge in [0.2, 0.25) is 0 Å². The van der Waals surface area contributed by atoms with Gasteiger partial charge >= 0.3 is 0 Å². The van der Waals surface area contributed by atoms with Crippen LogP contribution in [0.2, 0.25) is 0 Å². The van der Waals surface area contributed by atoms with Crippen LogP contribution in [0.1, 0.15) is 11.1 Å². The third-order valence-corrected chi connectivity index (χ3v) is 6.62. The molecule has 0 aromatic heterocycles. The minimum absolute atomic E-state index is 0.0728. The van der Waals surface area contributed by atoms with E-state index in [4.69, 9.17) is 0 Å². The van der Waals surface area contributed by atoms with Crippen molar-refractivity contribution in [3.05, 3.63) is 89.7 Å². The summed E-state index contributed by atoms with van der Waals surface area (Å²) in [6, 6.07) is 19.5. The van der Waals surface area contributed by atoms with Crippen LogP contribution in [0, 0.1) is 5.82 Å². The second-order valence-electron chi connectivity index (χ2n) is 5.94. The maximum atomic E-state index is 12.9. The van der Waals surface area contributed by atoms with Crippen LogP contribution in [0.5, 0.6) is 0 Å². The first-order chi connectivity index (χ1) is 12.8. The van der Waals surface area contributed by atoms with Crippen LogP contribution >= 0.6 is 0 Å². The van der Waals surface area contributed by atoms with E-state index < -0.39 is 21.0 Å². The van der Waals surface area contributed by atoms with Crippen LogP contribution in [-0.2, 0) is 21.0 Å². The van der Waals surface area contributed by atoms with Crippen molar-refractivity contribution >= 4 is 33.2 Å². The summed E-state index contributed by atoms with van der Waals surface area (Å²) in [6.45, 7) is 0. The highest BCUT2D eigenvalue weighted by molar-refractivity contribution is 7.94. The highest BCUT2D eigenvalue weighted by Crippen LogP contribution is 2.27. The van der Waals surface area contributed by atoms with E-state index in [1.165, 1.54) is 18.2 Å². The standard InChI is InChI=1S/C21H17FO3S2/c1-27(24,25)21-5-3-2-4-20(21)26(23)19-14-10-17(11-15-19)7-6-16-8-12-18(22)13-9-16/h2-15H,1H3. The Morgan fingerprint density at radius 3 is 1.93 bits per heavy atom. The van der Waals surface area contributed by atoms with E-state index in [0.29, 0.717) is 4.90 Å². The first-order valence-corrected chi connectivity index (χ1v) is 11.1. The summed E-state index contributed by atoms with van der Waals surface area (Å²) in [5.41, 5.74) is 1.75. The van der Waals surface area contributed by atoms with Crippen LogP contribution in [0.25, 0.3) is 12.2 Å². The number of rotatable bonds is 5. The van der Waals surface area contributed by atoms with Crippen molar-refractivity contribution in [2.24, 2.45) is 0 Å². The Kier molecular flexibility index (Phi) is 5.79. The molecule has 3 nitrogen and oxygen atoms in total. The van der Waals surface area contributed by atoms with Gasteiger partial charge in [-0.2, -0.15) is 0 Å². The predicted molar refractivity (Wildman–Crippen MR) is 106 cm³/mol. The summed E-state index contributed by atoms with van der Waals surface area (Å²) in [6.07, 6.45) is 4.82. The molecular formula is C21H17FO3S2. The Morgan fingerprint density at radius 2 is 1.37 bits per heavy atom. The van der Waals surface area contributed by atoms with Gasteiger partial charge in [0.1, 0.15) is 10.7 Å². The first-order valence-electron chi connectivity index (χ1n) is 8.09. The normalized spacial score (nSPS) is 13.0. The molecule has 0 aliphatic carbocycles. The molecule has 0 spiro atoms. The molecule has 0 radical (unpaired) electrons. The zero-order chi connectivity index (χ0) is 19.4. The Balaban J connectivity index is 1.82. The second kappa shape index (κ2) is 8.08. The van der Waals surface area contributed by atoms with Crippen LogP contribution in [0.15, 0.2) is 87.5 Å². The maximum Gasteiger partial charge on any atom is 0.180 e. The minimum Gasteiger partial charge on any atom is -0.606 e. The number of sulfone groups is 1. The zero-order valence-electron chi connectivity index (χ0n) is 14.5. The topological polar surface area (TPSA) is 57.2 Å². The molecule has 0 N–H and O–H groups in total. The molecule has 0 fully saturated rings. The van der Waals surface area contributed by atoms with Crippen LogP contribution in [-0.4, -0.2) is 19.2 Å². The number of hydrogen-bond acceptors (Lipinski definition) is 3. The van der Waals surface area contributed by atoms with Gasteiger partial charge in [0.15, 0.2) is 19.6 Å². The molecule has 0 bridgehead atoms. The molecule has 138 valence electrons. The number of halogens is 1. The quantitative estimate of drug-likeness (QED) is 0.466. The summed E-state index contributed by atoms with van der Waals surface area (Å²) in [4.78, 5) is 0.864. The van der Waals surface area contributed by atoms with Crippen molar-refractivity contribution in [2.45, 2.75) is 14.7 Å². The molecule has 3 aromatic carbocycles. The van der Waals surface area contributed by atoms with E-state index in [2.05, 4.69) is 0 Å². The van der Waals surface area contributed by atoms with Crippen molar-refractivity contribution in [1.82, 2.24) is 0 Å². The largest absolute Gasteiger partial charge is 0.606 e. The molecule has 3 rings (SSSR count). The zero-order valence-corrected chi connectivity index (χ0v) is 16.1. The van der Waals surface area contributed by atoms with Crippen LogP contribution in [0.3, 0.4) is 0 Å². The number of benzene rings is 3. The van der Waals surface area contributed by atoms with Crippen molar-refractivity contribution < 1.29 is 17.4 Å². The molecule has 3 aromatic rings. The summed E-state index contributed by atoms with van der Waals surface area (Å²) in [5, 5.41) is 0. The second-order valence-corrected chi connectivity index (χ2v) is 9.37. The van der Waals surface area contributed by atoms with Gasteiger partial charge in [-0.1, -0.05) is 36.4 Å². The van der Waals surface area contributed by atoms with Crippen molar-refractivity contribution in [3.8, 4) is 0 Å². The van der Waals surface area contributed by atoms with Gasteiger partial charge in [-0.05, 0) is 59.7 Å². The van der Waals surface area contributed by atoms with E-state index in [1.54, 1.807) is 54.6 Å². The molecule has 1 atom stereocenters. The van der Waals surface area contributed by atoms with E-state index in [0.717, 1.165) is 17.4 Å². The molecule has 0 saturated heterocycles. The monoisotopic (exact) mass is 400 g/mol. The third-order valence-electron chi connectivity index (χ3n) is 3.88. The molecule has 0 aliphatic rings. The van der Waals surface area contributed by atoms with E-state index in [1.807, 2.05) is 12.2 Å².